The van der Waals surface area contributed by atoms with Gasteiger partial charge in [-0.2, -0.15) is 5.10 Å². The van der Waals surface area contributed by atoms with Gasteiger partial charge in [-0.25, -0.2) is 9.97 Å². The van der Waals surface area contributed by atoms with Crippen LogP contribution in [0, 0.1) is 0 Å². The van der Waals surface area contributed by atoms with E-state index in [4.69, 9.17) is 15.5 Å². The van der Waals surface area contributed by atoms with Crippen LogP contribution in [0.4, 0.5) is 5.69 Å². The number of pyridine rings is 2. The lowest BCUT2D eigenvalue weighted by Gasteiger charge is -2.09. The van der Waals surface area contributed by atoms with Crippen LogP contribution in [0.15, 0.2) is 59.1 Å². The molecule has 0 aliphatic carbocycles. The zero-order chi connectivity index (χ0) is 22.2. The first kappa shape index (κ1) is 20.9. The van der Waals surface area contributed by atoms with E-state index in [9.17, 15) is 4.55 Å². The SMILES string of the molecule is COCC[S+]([O-])c1sc2nc(-c3cnc4nn(C)cc4c3)cc(-c3ccccc3)c2c1N. The van der Waals surface area contributed by atoms with Crippen LogP contribution >= 0.6 is 11.3 Å². The largest absolute Gasteiger partial charge is 0.611 e. The average molecular weight is 464 g/mol. The molecular formula is C23H21N5O2S2. The van der Waals surface area contributed by atoms with Crippen LogP contribution in [0.5, 0.6) is 0 Å². The van der Waals surface area contributed by atoms with Gasteiger partial charge in [0.15, 0.2) is 5.65 Å². The highest BCUT2D eigenvalue weighted by atomic mass is 32.2. The molecule has 0 fully saturated rings. The van der Waals surface area contributed by atoms with Crippen molar-refractivity contribution in [3.63, 3.8) is 0 Å². The summed E-state index contributed by atoms with van der Waals surface area (Å²) in [6, 6.07) is 14.1. The molecule has 0 bridgehead atoms. The molecule has 9 heteroatoms. The van der Waals surface area contributed by atoms with Crippen molar-refractivity contribution >= 4 is 49.5 Å². The Hall–Kier alpha value is -2.98. The molecule has 1 aromatic carbocycles. The van der Waals surface area contributed by atoms with Crippen LogP contribution in [0.25, 0.3) is 43.6 Å². The van der Waals surface area contributed by atoms with Gasteiger partial charge in [0.2, 0.25) is 4.21 Å². The number of hydrogen-bond acceptors (Lipinski definition) is 7. The Bertz CT molecular complexity index is 1410. The summed E-state index contributed by atoms with van der Waals surface area (Å²) in [5.74, 6) is 0.392. The third-order valence-electron chi connectivity index (χ3n) is 5.20. The highest BCUT2D eigenvalue weighted by molar-refractivity contribution is 7.93. The normalized spacial score (nSPS) is 12.6. The average Bonchev–Trinajstić information content (AvgIpc) is 3.35. The predicted octanol–water partition coefficient (Wildman–Crippen LogP) is 4.25. The van der Waals surface area contributed by atoms with E-state index in [0.29, 0.717) is 27.9 Å². The summed E-state index contributed by atoms with van der Waals surface area (Å²) in [7, 11) is 3.47. The van der Waals surface area contributed by atoms with Gasteiger partial charge in [-0.15, -0.1) is 0 Å². The molecule has 0 spiro atoms. The van der Waals surface area contributed by atoms with Gasteiger partial charge in [0, 0.05) is 54.1 Å². The quantitative estimate of drug-likeness (QED) is 0.378. The van der Waals surface area contributed by atoms with Crippen molar-refractivity contribution in [3.05, 3.63) is 54.9 Å². The smallest absolute Gasteiger partial charge is 0.232 e. The second-order valence-electron chi connectivity index (χ2n) is 7.39. The van der Waals surface area contributed by atoms with Gasteiger partial charge in [0.1, 0.15) is 16.3 Å². The number of thiophene rings is 1. The Labute approximate surface area is 192 Å². The van der Waals surface area contributed by atoms with E-state index in [1.54, 1.807) is 18.0 Å². The number of nitrogen functional groups attached to an aromatic ring is 1. The summed E-state index contributed by atoms with van der Waals surface area (Å²) in [5.41, 5.74) is 11.4. The van der Waals surface area contributed by atoms with Gasteiger partial charge in [-0.3, -0.25) is 4.68 Å². The maximum absolute atomic E-state index is 12.9. The molecule has 32 heavy (non-hydrogen) atoms. The number of aromatic nitrogens is 4. The molecular weight excluding hydrogens is 442 g/mol. The molecule has 4 aromatic heterocycles. The molecule has 0 aliphatic rings. The van der Waals surface area contributed by atoms with Crippen molar-refractivity contribution in [1.82, 2.24) is 19.7 Å². The third-order valence-corrected chi connectivity index (χ3v) is 8.07. The summed E-state index contributed by atoms with van der Waals surface area (Å²) in [5, 5.41) is 6.13. The number of methoxy groups -OCH3 is 1. The molecule has 0 aliphatic heterocycles. The number of benzene rings is 1. The second-order valence-corrected chi connectivity index (χ2v) is 10.2. The number of fused-ring (bicyclic) bond motifs is 2. The highest BCUT2D eigenvalue weighted by Crippen LogP contribution is 2.43. The summed E-state index contributed by atoms with van der Waals surface area (Å²) in [4.78, 5) is 10.1. The van der Waals surface area contributed by atoms with Gasteiger partial charge in [-0.05, 0) is 23.3 Å². The maximum Gasteiger partial charge on any atom is 0.232 e. The van der Waals surface area contributed by atoms with E-state index >= 15 is 0 Å². The number of aryl methyl sites for hydroxylation is 1. The fraction of sp³-hybridized carbons (Fsp3) is 0.174. The third kappa shape index (κ3) is 3.73. The number of ether oxygens (including phenoxy) is 1. The first-order valence-electron chi connectivity index (χ1n) is 10.0. The molecule has 4 heterocycles. The fourth-order valence-corrected chi connectivity index (χ4v) is 6.25. The van der Waals surface area contributed by atoms with E-state index in [0.717, 1.165) is 38.0 Å². The van der Waals surface area contributed by atoms with Crippen LogP contribution in [0.1, 0.15) is 0 Å². The topological polar surface area (TPSA) is 102 Å². The molecule has 0 saturated carbocycles. The van der Waals surface area contributed by atoms with Crippen molar-refractivity contribution in [2.45, 2.75) is 4.21 Å². The minimum atomic E-state index is -1.25. The molecule has 162 valence electrons. The lowest BCUT2D eigenvalue weighted by atomic mass is 10.0. The van der Waals surface area contributed by atoms with Gasteiger partial charge in [0.25, 0.3) is 0 Å². The molecule has 1 unspecified atom stereocenters. The summed E-state index contributed by atoms with van der Waals surface area (Å²) >= 11 is 0.125. The fourth-order valence-electron chi connectivity index (χ4n) is 3.69. The summed E-state index contributed by atoms with van der Waals surface area (Å²) in [6.07, 6.45) is 3.72. The van der Waals surface area contributed by atoms with Crippen LogP contribution in [0.3, 0.4) is 0 Å². The van der Waals surface area contributed by atoms with Crippen LogP contribution in [0.2, 0.25) is 0 Å². The van der Waals surface area contributed by atoms with Crippen molar-refractivity contribution < 1.29 is 9.29 Å². The van der Waals surface area contributed by atoms with E-state index in [1.165, 1.54) is 11.3 Å². The number of nitrogens with zero attached hydrogens (tertiary/aromatic N) is 4. The molecule has 7 nitrogen and oxygen atoms in total. The standard InChI is InChI=1S/C23H21N5O2S2/c1-28-13-16-10-15(12-25-21(16)27-28)18-11-17(14-6-4-3-5-7-14)19-20(24)23(31-22(19)26-18)32(29)9-8-30-2/h3-7,10-13H,8-9,24H2,1-2H3. The Kier molecular flexibility index (Phi) is 5.56. The first-order valence-corrected chi connectivity index (χ1v) is 12.1. The second kappa shape index (κ2) is 8.51. The Morgan fingerprint density at radius 2 is 2.00 bits per heavy atom. The predicted molar refractivity (Wildman–Crippen MR) is 130 cm³/mol. The molecule has 5 rings (SSSR count). The van der Waals surface area contributed by atoms with Crippen molar-refractivity contribution in [2.24, 2.45) is 7.05 Å². The first-order chi connectivity index (χ1) is 15.5. The lowest BCUT2D eigenvalue weighted by Crippen LogP contribution is -2.11. The monoisotopic (exact) mass is 463 g/mol. The minimum Gasteiger partial charge on any atom is -0.611 e. The Balaban J connectivity index is 1.72. The van der Waals surface area contributed by atoms with Crippen LogP contribution in [-0.2, 0) is 23.0 Å². The summed E-state index contributed by atoms with van der Waals surface area (Å²) < 4.78 is 20.3. The van der Waals surface area contributed by atoms with E-state index < -0.39 is 11.2 Å². The van der Waals surface area contributed by atoms with Crippen LogP contribution < -0.4 is 5.73 Å². The zero-order valence-corrected chi connectivity index (χ0v) is 19.2. The zero-order valence-electron chi connectivity index (χ0n) is 17.6. The van der Waals surface area contributed by atoms with E-state index in [1.807, 2.05) is 55.7 Å². The summed E-state index contributed by atoms with van der Waals surface area (Å²) in [6.45, 7) is 0.404. The molecule has 0 saturated heterocycles. The lowest BCUT2D eigenvalue weighted by molar-refractivity contribution is 0.217. The molecule has 5 aromatic rings. The van der Waals surface area contributed by atoms with Gasteiger partial charge in [0.05, 0.1) is 12.3 Å². The molecule has 0 amide bonds. The van der Waals surface area contributed by atoms with Crippen molar-refractivity contribution in [2.75, 3.05) is 25.2 Å². The number of hydrogen-bond donors (Lipinski definition) is 1. The number of rotatable bonds is 6. The van der Waals surface area contributed by atoms with Crippen LogP contribution in [-0.4, -0.2) is 43.8 Å². The Morgan fingerprint density at radius 3 is 2.78 bits per heavy atom. The molecule has 2 N–H and O–H groups in total. The Morgan fingerprint density at radius 1 is 1.19 bits per heavy atom. The van der Waals surface area contributed by atoms with Crippen molar-refractivity contribution in [1.29, 1.82) is 0 Å². The van der Waals surface area contributed by atoms with Gasteiger partial charge >= 0.3 is 0 Å². The van der Waals surface area contributed by atoms with E-state index in [2.05, 4.69) is 10.1 Å². The highest BCUT2D eigenvalue weighted by Gasteiger charge is 2.25. The minimum absolute atomic E-state index is 0.392. The van der Waals surface area contributed by atoms with E-state index in [-0.39, 0.29) is 0 Å². The molecule has 1 atom stereocenters. The molecule has 0 radical (unpaired) electrons. The van der Waals surface area contributed by atoms with Crippen molar-refractivity contribution in [3.8, 4) is 22.4 Å². The van der Waals surface area contributed by atoms with Gasteiger partial charge < -0.3 is 15.0 Å². The number of nitrogens with two attached hydrogens (primary N) is 1. The van der Waals surface area contributed by atoms with Gasteiger partial charge in [-0.1, -0.05) is 41.7 Å². The maximum atomic E-state index is 12.9. The number of anilines is 1.